The maximum atomic E-state index is 8.95. The molecule has 1 aliphatic rings. The van der Waals surface area contributed by atoms with Gasteiger partial charge in [0.05, 0.1) is 15.7 Å². The first-order valence-electron chi connectivity index (χ1n) is 7.19. The maximum absolute atomic E-state index is 8.95. The van der Waals surface area contributed by atoms with Crippen LogP contribution in [-0.2, 0) is 13.0 Å². The summed E-state index contributed by atoms with van der Waals surface area (Å²) < 4.78 is 6.21. The zero-order valence-corrected chi connectivity index (χ0v) is 14.8. The molecule has 0 saturated carbocycles. The average Bonchev–Trinajstić information content (AvgIpc) is 3.13. The van der Waals surface area contributed by atoms with Gasteiger partial charge in [0.2, 0.25) is 5.76 Å². The first-order chi connectivity index (χ1) is 11.1. The second kappa shape index (κ2) is 5.64. The van der Waals surface area contributed by atoms with Crippen molar-refractivity contribution in [2.45, 2.75) is 13.0 Å². The zero-order valence-electron chi connectivity index (χ0n) is 12.4. The van der Waals surface area contributed by atoms with Gasteiger partial charge in [-0.15, -0.1) is 11.3 Å². The summed E-state index contributed by atoms with van der Waals surface area (Å²) in [4.78, 5) is 8.15. The van der Waals surface area contributed by atoms with E-state index in [0.29, 0.717) is 5.58 Å². The lowest BCUT2D eigenvalue weighted by molar-refractivity contribution is 0.317. The second-order valence-electron chi connectivity index (χ2n) is 5.59. The number of likely N-dealkylation sites (N-methyl/N-ethyl adjacent to an activating group) is 1. The van der Waals surface area contributed by atoms with Gasteiger partial charge in [0.25, 0.3) is 0 Å². The van der Waals surface area contributed by atoms with Crippen molar-refractivity contribution in [3.8, 4) is 6.07 Å². The molecule has 0 amide bonds. The summed E-state index contributed by atoms with van der Waals surface area (Å²) in [5.74, 6) is 1.02. The molecule has 0 spiro atoms. The van der Waals surface area contributed by atoms with Crippen LogP contribution < -0.4 is 5.32 Å². The number of pyridine rings is 1. The monoisotopic (exact) mass is 388 g/mol. The lowest BCUT2D eigenvalue weighted by atomic mass is 10.1. The van der Waals surface area contributed by atoms with Crippen LogP contribution in [0.15, 0.2) is 27.2 Å². The number of nitrogens with one attached hydrogen (secondary N) is 1. The fourth-order valence-electron chi connectivity index (χ4n) is 2.75. The molecule has 4 heterocycles. The molecular formula is C16H13BrN4OS. The number of halogens is 1. The third-order valence-corrected chi connectivity index (χ3v) is 5.82. The highest BCUT2D eigenvalue weighted by Gasteiger charge is 2.18. The van der Waals surface area contributed by atoms with E-state index in [0.717, 1.165) is 40.2 Å². The van der Waals surface area contributed by atoms with E-state index in [1.165, 1.54) is 10.4 Å². The molecule has 1 aliphatic heterocycles. The summed E-state index contributed by atoms with van der Waals surface area (Å²) >= 11 is 5.33. The Kier molecular flexibility index (Phi) is 3.60. The number of rotatable bonds is 2. The van der Waals surface area contributed by atoms with Crippen molar-refractivity contribution in [2.75, 3.05) is 18.9 Å². The number of nitriles is 1. The highest BCUT2D eigenvalue weighted by molar-refractivity contribution is 9.10. The molecule has 0 radical (unpaired) electrons. The minimum atomic E-state index is 0.286. The summed E-state index contributed by atoms with van der Waals surface area (Å²) in [5.41, 5.74) is 2.02. The Bertz CT molecular complexity index is 940. The molecule has 3 aromatic rings. The smallest absolute Gasteiger partial charge is 0.204 e. The van der Waals surface area contributed by atoms with E-state index in [2.05, 4.69) is 44.2 Å². The van der Waals surface area contributed by atoms with Crippen molar-refractivity contribution in [3.05, 3.63) is 39.0 Å². The molecule has 0 aromatic carbocycles. The molecule has 7 heteroatoms. The van der Waals surface area contributed by atoms with E-state index >= 15 is 0 Å². The minimum absolute atomic E-state index is 0.286. The predicted octanol–water partition coefficient (Wildman–Crippen LogP) is 4.25. The van der Waals surface area contributed by atoms with Gasteiger partial charge in [-0.25, -0.2) is 4.98 Å². The van der Waals surface area contributed by atoms with Gasteiger partial charge in [0.1, 0.15) is 11.9 Å². The molecule has 116 valence electrons. The second-order valence-corrected chi connectivity index (χ2v) is 7.52. The number of hydrogen-bond donors (Lipinski definition) is 1. The van der Waals surface area contributed by atoms with Gasteiger partial charge in [-0.3, -0.25) is 0 Å². The summed E-state index contributed by atoms with van der Waals surface area (Å²) in [6.45, 7) is 2.10. The van der Waals surface area contributed by atoms with Gasteiger partial charge in [-0.05, 0) is 41.0 Å². The molecule has 0 aliphatic carbocycles. The summed E-state index contributed by atoms with van der Waals surface area (Å²) in [5, 5.41) is 14.3. The van der Waals surface area contributed by atoms with E-state index in [-0.39, 0.29) is 5.76 Å². The first kappa shape index (κ1) is 14.7. The average molecular weight is 389 g/mol. The van der Waals surface area contributed by atoms with Crippen LogP contribution in [-0.4, -0.2) is 23.5 Å². The highest BCUT2D eigenvalue weighted by atomic mass is 79.9. The van der Waals surface area contributed by atoms with Crippen molar-refractivity contribution in [1.82, 2.24) is 9.88 Å². The number of fused-ring (bicyclic) bond motifs is 2. The molecule has 23 heavy (non-hydrogen) atoms. The zero-order chi connectivity index (χ0) is 16.0. The molecule has 0 atom stereocenters. The first-order valence-corrected chi connectivity index (χ1v) is 8.80. The third kappa shape index (κ3) is 2.63. The van der Waals surface area contributed by atoms with Gasteiger partial charge in [-0.2, -0.15) is 5.26 Å². The fraction of sp³-hybridized carbons (Fsp3) is 0.250. The summed E-state index contributed by atoms with van der Waals surface area (Å²) in [6.07, 6.45) is 2.73. The Hall–Kier alpha value is -1.88. The van der Waals surface area contributed by atoms with Gasteiger partial charge in [0, 0.05) is 29.4 Å². The van der Waals surface area contributed by atoms with Gasteiger partial charge >= 0.3 is 0 Å². The van der Waals surface area contributed by atoms with Crippen LogP contribution in [0.1, 0.15) is 16.2 Å². The normalized spacial score (nSPS) is 14.7. The van der Waals surface area contributed by atoms with Crippen LogP contribution in [0.4, 0.5) is 10.8 Å². The molecule has 0 unspecified atom stereocenters. The van der Waals surface area contributed by atoms with Gasteiger partial charge in [-0.1, -0.05) is 0 Å². The van der Waals surface area contributed by atoms with E-state index < -0.39 is 0 Å². The van der Waals surface area contributed by atoms with E-state index in [1.54, 1.807) is 23.6 Å². The SMILES string of the molecule is CN1CCc2cc(Nc3ncc4oc(C#N)cc4c3Br)sc2C1. The van der Waals surface area contributed by atoms with Crippen molar-refractivity contribution in [3.63, 3.8) is 0 Å². The molecule has 4 rings (SSSR count). The molecule has 1 N–H and O–H groups in total. The van der Waals surface area contributed by atoms with Crippen molar-refractivity contribution < 1.29 is 4.42 Å². The molecule has 5 nitrogen and oxygen atoms in total. The van der Waals surface area contributed by atoms with E-state index in [9.17, 15) is 0 Å². The van der Waals surface area contributed by atoms with Crippen LogP contribution in [0.5, 0.6) is 0 Å². The highest BCUT2D eigenvalue weighted by Crippen LogP contribution is 2.37. The number of aromatic nitrogens is 1. The van der Waals surface area contributed by atoms with Crippen LogP contribution in [0, 0.1) is 11.3 Å². The number of anilines is 2. The van der Waals surface area contributed by atoms with Crippen molar-refractivity contribution in [1.29, 1.82) is 5.26 Å². The molecule has 0 fully saturated rings. The Morgan fingerprint density at radius 3 is 3.17 bits per heavy atom. The minimum Gasteiger partial charge on any atom is -0.444 e. The summed E-state index contributed by atoms with van der Waals surface area (Å²) in [6, 6.07) is 5.94. The van der Waals surface area contributed by atoms with E-state index in [4.69, 9.17) is 9.68 Å². The topological polar surface area (TPSA) is 65.1 Å². The van der Waals surface area contributed by atoms with Crippen LogP contribution in [0.3, 0.4) is 0 Å². The van der Waals surface area contributed by atoms with Crippen molar-refractivity contribution in [2.24, 2.45) is 0 Å². The van der Waals surface area contributed by atoms with Crippen molar-refractivity contribution >= 4 is 49.1 Å². The summed E-state index contributed by atoms with van der Waals surface area (Å²) in [7, 11) is 2.15. The third-order valence-electron chi connectivity index (χ3n) is 3.94. The van der Waals surface area contributed by atoms with Crippen LogP contribution in [0.25, 0.3) is 11.0 Å². The molecule has 3 aromatic heterocycles. The molecular weight excluding hydrogens is 376 g/mol. The number of thiophene rings is 1. The van der Waals surface area contributed by atoms with Crippen LogP contribution in [0.2, 0.25) is 0 Å². The number of nitrogens with zero attached hydrogens (tertiary/aromatic N) is 3. The lowest BCUT2D eigenvalue weighted by Crippen LogP contribution is -2.24. The van der Waals surface area contributed by atoms with Gasteiger partial charge < -0.3 is 14.6 Å². The van der Waals surface area contributed by atoms with Crippen LogP contribution >= 0.6 is 27.3 Å². The fourth-order valence-corrected chi connectivity index (χ4v) is 4.45. The lowest BCUT2D eigenvalue weighted by Gasteiger charge is -2.21. The largest absolute Gasteiger partial charge is 0.444 e. The quantitative estimate of drug-likeness (QED) is 0.710. The standard InChI is InChI=1S/C16H13BrN4OS/c1-21-3-2-9-4-14(23-13(9)8-21)20-16-15(17)11-5-10(6-18)22-12(11)7-19-16/h4-5,7H,2-3,8H2,1H3,(H,19,20). The number of hydrogen-bond acceptors (Lipinski definition) is 6. The Balaban J connectivity index is 1.68. The number of furan rings is 1. The Morgan fingerprint density at radius 1 is 1.48 bits per heavy atom. The maximum Gasteiger partial charge on any atom is 0.204 e. The Morgan fingerprint density at radius 2 is 2.35 bits per heavy atom. The van der Waals surface area contributed by atoms with E-state index in [1.807, 2.05) is 6.07 Å². The molecule has 0 saturated heterocycles. The van der Waals surface area contributed by atoms with Gasteiger partial charge in [0.15, 0.2) is 5.58 Å². The Labute approximate surface area is 145 Å². The predicted molar refractivity (Wildman–Crippen MR) is 94.1 cm³/mol. The molecule has 0 bridgehead atoms.